The number of rotatable bonds is 4. The fourth-order valence-corrected chi connectivity index (χ4v) is 4.65. The Morgan fingerprint density at radius 1 is 1.16 bits per heavy atom. The molecule has 0 atom stereocenters. The molecule has 1 amide bonds. The van der Waals surface area contributed by atoms with Crippen molar-refractivity contribution in [3.8, 4) is 11.4 Å². The van der Waals surface area contributed by atoms with E-state index in [-0.39, 0.29) is 5.91 Å². The van der Waals surface area contributed by atoms with Gasteiger partial charge in [-0.1, -0.05) is 30.3 Å². The Morgan fingerprint density at radius 2 is 1.97 bits per heavy atom. The third-order valence-corrected chi connectivity index (χ3v) is 6.49. The number of imidazole rings is 1. The molecule has 0 N–H and O–H groups in total. The SMILES string of the molecule is Cc1nccn1CCC(=O)N1CCC2(CC1)OCCc1cnc(-c3ccccc3)nc12. The molecule has 7 heteroatoms. The molecule has 1 spiro atoms. The molecular weight excluding hydrogens is 390 g/mol. The number of hydrogen-bond acceptors (Lipinski definition) is 5. The lowest BCUT2D eigenvalue weighted by Crippen LogP contribution is -2.49. The van der Waals surface area contributed by atoms with Gasteiger partial charge in [0.25, 0.3) is 0 Å². The molecule has 0 saturated carbocycles. The Hall–Kier alpha value is -3.06. The zero-order chi connectivity index (χ0) is 21.3. The molecule has 31 heavy (non-hydrogen) atoms. The molecule has 0 bridgehead atoms. The van der Waals surface area contributed by atoms with Crippen LogP contribution in [0.2, 0.25) is 0 Å². The third kappa shape index (κ3) is 3.85. The zero-order valence-corrected chi connectivity index (χ0v) is 17.8. The van der Waals surface area contributed by atoms with Crippen LogP contribution in [-0.4, -0.2) is 50.0 Å². The van der Waals surface area contributed by atoms with Crippen LogP contribution in [0.1, 0.15) is 36.3 Å². The largest absolute Gasteiger partial charge is 0.368 e. The van der Waals surface area contributed by atoms with E-state index in [1.807, 2.05) is 59.1 Å². The minimum Gasteiger partial charge on any atom is -0.368 e. The predicted molar refractivity (Wildman–Crippen MR) is 116 cm³/mol. The Bertz CT molecular complexity index is 1070. The Balaban J connectivity index is 1.30. The summed E-state index contributed by atoms with van der Waals surface area (Å²) in [6.07, 6.45) is 8.50. The molecule has 2 aliphatic rings. The summed E-state index contributed by atoms with van der Waals surface area (Å²) in [4.78, 5) is 28.5. The lowest BCUT2D eigenvalue weighted by molar-refractivity contribution is -0.141. The number of amides is 1. The van der Waals surface area contributed by atoms with Gasteiger partial charge in [-0.3, -0.25) is 4.79 Å². The van der Waals surface area contributed by atoms with Gasteiger partial charge >= 0.3 is 0 Å². The highest BCUT2D eigenvalue weighted by Crippen LogP contribution is 2.41. The van der Waals surface area contributed by atoms with Crippen LogP contribution < -0.4 is 0 Å². The number of carbonyl (C=O) groups is 1. The lowest BCUT2D eigenvalue weighted by Gasteiger charge is -2.44. The van der Waals surface area contributed by atoms with Crippen molar-refractivity contribution in [2.75, 3.05) is 19.7 Å². The molecule has 7 nitrogen and oxygen atoms in total. The number of likely N-dealkylation sites (tertiary alicyclic amines) is 1. The van der Waals surface area contributed by atoms with Crippen LogP contribution in [0, 0.1) is 6.92 Å². The first-order valence-corrected chi connectivity index (χ1v) is 11.0. The van der Waals surface area contributed by atoms with E-state index >= 15 is 0 Å². The smallest absolute Gasteiger partial charge is 0.224 e. The number of nitrogens with zero attached hydrogens (tertiary/aromatic N) is 5. The number of aryl methyl sites for hydroxylation is 2. The predicted octanol–water partition coefficient (Wildman–Crippen LogP) is 3.13. The fourth-order valence-electron chi connectivity index (χ4n) is 4.65. The third-order valence-electron chi connectivity index (χ3n) is 6.49. The van der Waals surface area contributed by atoms with Crippen molar-refractivity contribution in [1.29, 1.82) is 0 Å². The van der Waals surface area contributed by atoms with Crippen molar-refractivity contribution in [2.45, 2.75) is 44.8 Å². The van der Waals surface area contributed by atoms with Gasteiger partial charge in [0, 0.05) is 50.2 Å². The Kier molecular flexibility index (Phi) is 5.28. The van der Waals surface area contributed by atoms with Gasteiger partial charge in [-0.25, -0.2) is 15.0 Å². The van der Waals surface area contributed by atoms with E-state index in [4.69, 9.17) is 9.72 Å². The van der Waals surface area contributed by atoms with E-state index in [2.05, 4.69) is 9.97 Å². The van der Waals surface area contributed by atoms with Gasteiger partial charge in [-0.15, -0.1) is 0 Å². The standard InChI is InChI=1S/C24H27N5O2/c1-18-25-11-15-28(18)12-7-21(30)29-13-9-24(10-14-29)22-20(8-16-31-24)17-26-23(27-22)19-5-3-2-4-6-19/h2-6,11,15,17H,7-10,12-14,16H2,1H3. The van der Waals surface area contributed by atoms with E-state index in [0.29, 0.717) is 32.7 Å². The minimum atomic E-state index is -0.419. The molecule has 1 saturated heterocycles. The second kappa shape index (κ2) is 8.23. The van der Waals surface area contributed by atoms with Crippen molar-refractivity contribution >= 4 is 5.91 Å². The zero-order valence-electron chi connectivity index (χ0n) is 17.8. The number of ether oxygens (including phenoxy) is 1. The van der Waals surface area contributed by atoms with Crippen LogP contribution in [0.15, 0.2) is 48.9 Å². The summed E-state index contributed by atoms with van der Waals surface area (Å²) in [6, 6.07) is 10.1. The van der Waals surface area contributed by atoms with E-state index in [1.54, 1.807) is 6.20 Å². The number of piperidine rings is 1. The molecule has 3 aromatic rings. The first kappa shape index (κ1) is 19.9. The average Bonchev–Trinajstić information content (AvgIpc) is 3.23. The van der Waals surface area contributed by atoms with Gasteiger partial charge in [0.15, 0.2) is 5.82 Å². The second-order valence-electron chi connectivity index (χ2n) is 8.32. The number of benzene rings is 1. The van der Waals surface area contributed by atoms with Crippen LogP contribution >= 0.6 is 0 Å². The molecular formula is C24H27N5O2. The summed E-state index contributed by atoms with van der Waals surface area (Å²) in [5.41, 5.74) is 2.76. The maximum absolute atomic E-state index is 12.8. The number of fused-ring (bicyclic) bond motifs is 2. The molecule has 2 aliphatic heterocycles. The molecule has 0 unspecified atom stereocenters. The van der Waals surface area contributed by atoms with Crippen molar-refractivity contribution in [2.24, 2.45) is 0 Å². The highest BCUT2D eigenvalue weighted by molar-refractivity contribution is 5.76. The molecule has 0 aliphatic carbocycles. The van der Waals surface area contributed by atoms with Crippen LogP contribution in [0.25, 0.3) is 11.4 Å². The summed E-state index contributed by atoms with van der Waals surface area (Å²) < 4.78 is 8.37. The van der Waals surface area contributed by atoms with Crippen LogP contribution in [0.4, 0.5) is 0 Å². The molecule has 1 fully saturated rings. The van der Waals surface area contributed by atoms with Crippen LogP contribution in [0.5, 0.6) is 0 Å². The minimum absolute atomic E-state index is 0.187. The molecule has 0 radical (unpaired) electrons. The van der Waals surface area contributed by atoms with Gasteiger partial charge in [-0.05, 0) is 31.7 Å². The monoisotopic (exact) mass is 417 g/mol. The quantitative estimate of drug-likeness (QED) is 0.652. The fraction of sp³-hybridized carbons (Fsp3) is 0.417. The molecule has 160 valence electrons. The van der Waals surface area contributed by atoms with Crippen molar-refractivity contribution in [3.63, 3.8) is 0 Å². The van der Waals surface area contributed by atoms with Crippen molar-refractivity contribution < 1.29 is 9.53 Å². The average molecular weight is 418 g/mol. The van der Waals surface area contributed by atoms with Crippen LogP contribution in [0.3, 0.4) is 0 Å². The summed E-state index contributed by atoms with van der Waals surface area (Å²) in [6.45, 7) is 4.67. The van der Waals surface area contributed by atoms with Gasteiger partial charge in [0.05, 0.1) is 12.3 Å². The van der Waals surface area contributed by atoms with E-state index < -0.39 is 5.60 Å². The van der Waals surface area contributed by atoms with Gasteiger partial charge < -0.3 is 14.2 Å². The summed E-state index contributed by atoms with van der Waals surface area (Å²) in [7, 11) is 0. The molecule has 2 aromatic heterocycles. The topological polar surface area (TPSA) is 73.1 Å². The van der Waals surface area contributed by atoms with Crippen molar-refractivity contribution in [1.82, 2.24) is 24.4 Å². The second-order valence-corrected chi connectivity index (χ2v) is 8.32. The van der Waals surface area contributed by atoms with E-state index in [1.165, 1.54) is 5.56 Å². The maximum Gasteiger partial charge on any atom is 0.224 e. The Labute approximate surface area is 182 Å². The highest BCUT2D eigenvalue weighted by atomic mass is 16.5. The molecule has 1 aromatic carbocycles. The summed E-state index contributed by atoms with van der Waals surface area (Å²) >= 11 is 0. The first-order valence-electron chi connectivity index (χ1n) is 11.0. The van der Waals surface area contributed by atoms with Gasteiger partial charge in [-0.2, -0.15) is 0 Å². The number of carbonyl (C=O) groups excluding carboxylic acids is 1. The van der Waals surface area contributed by atoms with Gasteiger partial charge in [0.1, 0.15) is 11.4 Å². The lowest BCUT2D eigenvalue weighted by atomic mass is 9.83. The van der Waals surface area contributed by atoms with Crippen molar-refractivity contribution in [3.05, 3.63) is 66.0 Å². The molecule has 4 heterocycles. The van der Waals surface area contributed by atoms with Crippen LogP contribution in [-0.2, 0) is 28.1 Å². The van der Waals surface area contributed by atoms with Gasteiger partial charge in [0.2, 0.25) is 5.91 Å². The van der Waals surface area contributed by atoms with E-state index in [9.17, 15) is 4.79 Å². The first-order chi connectivity index (χ1) is 15.1. The Morgan fingerprint density at radius 3 is 2.71 bits per heavy atom. The van der Waals surface area contributed by atoms with E-state index in [0.717, 1.165) is 42.2 Å². The number of hydrogen-bond donors (Lipinski definition) is 0. The maximum atomic E-state index is 12.8. The summed E-state index contributed by atoms with van der Waals surface area (Å²) in [5, 5.41) is 0. The number of aromatic nitrogens is 4. The molecule has 5 rings (SSSR count). The highest BCUT2D eigenvalue weighted by Gasteiger charge is 2.43. The summed E-state index contributed by atoms with van der Waals surface area (Å²) in [5.74, 6) is 1.86. The normalized spacial score (nSPS) is 17.5.